The number of nitrogens with one attached hydrogen (secondary N) is 2. The summed E-state index contributed by atoms with van der Waals surface area (Å²) in [6, 6.07) is 16.5. The van der Waals surface area contributed by atoms with Crippen molar-refractivity contribution in [2.45, 2.75) is 32.2 Å². The molecule has 2 N–H and O–H groups in total. The molecule has 0 bridgehead atoms. The fourth-order valence-electron chi connectivity index (χ4n) is 2.92. The summed E-state index contributed by atoms with van der Waals surface area (Å²) in [5.41, 5.74) is 2.70. The van der Waals surface area contributed by atoms with E-state index in [1.807, 2.05) is 42.5 Å². The van der Waals surface area contributed by atoms with Gasteiger partial charge in [-0.1, -0.05) is 42.5 Å². The van der Waals surface area contributed by atoms with Gasteiger partial charge in [0.05, 0.1) is 23.2 Å². The van der Waals surface area contributed by atoms with Gasteiger partial charge in [-0.25, -0.2) is 17.8 Å². The summed E-state index contributed by atoms with van der Waals surface area (Å²) in [4.78, 5) is 12.5. The van der Waals surface area contributed by atoms with Gasteiger partial charge in [-0.2, -0.15) is 5.10 Å². The van der Waals surface area contributed by atoms with E-state index in [0.29, 0.717) is 11.1 Å². The zero-order valence-electron chi connectivity index (χ0n) is 16.4. The predicted octanol–water partition coefficient (Wildman–Crippen LogP) is 2.63. The topological polar surface area (TPSA) is 93.1 Å². The Morgan fingerprint density at radius 1 is 1.03 bits per heavy atom. The fourth-order valence-corrected chi connectivity index (χ4v) is 4.41. The molecule has 152 valence electrons. The van der Waals surface area contributed by atoms with Crippen molar-refractivity contribution in [2.24, 2.45) is 0 Å². The quantitative estimate of drug-likeness (QED) is 0.595. The van der Waals surface area contributed by atoms with Crippen molar-refractivity contribution in [1.29, 1.82) is 0 Å². The zero-order valence-corrected chi connectivity index (χ0v) is 17.2. The molecule has 29 heavy (non-hydrogen) atoms. The van der Waals surface area contributed by atoms with Gasteiger partial charge >= 0.3 is 0 Å². The van der Waals surface area contributed by atoms with E-state index >= 15 is 0 Å². The first-order valence-electron chi connectivity index (χ1n) is 9.29. The van der Waals surface area contributed by atoms with Crippen molar-refractivity contribution in [3.63, 3.8) is 0 Å². The minimum Gasteiger partial charge on any atom is -0.348 e. The van der Waals surface area contributed by atoms with Crippen LogP contribution in [0.2, 0.25) is 0 Å². The first-order valence-corrected chi connectivity index (χ1v) is 10.9. The molecule has 0 aliphatic carbocycles. The Morgan fingerprint density at radius 3 is 2.38 bits per heavy atom. The SMILES string of the molecule is CC(C)NS(=O)(=O)Cc1ccccc1CNC(=O)c1cnn(-c2ccccc2)c1. The molecule has 2 aromatic carbocycles. The second kappa shape index (κ2) is 9.02. The Bertz CT molecular complexity index is 1080. The second-order valence-electron chi connectivity index (χ2n) is 6.99. The Kier molecular flexibility index (Phi) is 6.46. The highest BCUT2D eigenvalue weighted by Gasteiger charge is 2.16. The fraction of sp³-hybridized carbons (Fsp3) is 0.238. The van der Waals surface area contributed by atoms with Gasteiger partial charge < -0.3 is 5.32 Å². The summed E-state index contributed by atoms with van der Waals surface area (Å²) in [5, 5.41) is 7.06. The van der Waals surface area contributed by atoms with Crippen LogP contribution < -0.4 is 10.0 Å². The average Bonchev–Trinajstić information content (AvgIpc) is 3.17. The summed E-state index contributed by atoms with van der Waals surface area (Å²) in [6.07, 6.45) is 3.17. The molecule has 3 aromatic rings. The summed E-state index contributed by atoms with van der Waals surface area (Å²) >= 11 is 0. The number of amides is 1. The Morgan fingerprint density at radius 2 is 1.69 bits per heavy atom. The molecule has 3 rings (SSSR count). The van der Waals surface area contributed by atoms with Gasteiger partial charge in [0.1, 0.15) is 0 Å². The highest BCUT2D eigenvalue weighted by molar-refractivity contribution is 7.88. The molecule has 0 fully saturated rings. The Labute approximate surface area is 170 Å². The molecular weight excluding hydrogens is 388 g/mol. The maximum atomic E-state index is 12.5. The van der Waals surface area contributed by atoms with Crippen LogP contribution in [-0.2, 0) is 22.3 Å². The summed E-state index contributed by atoms with van der Waals surface area (Å²) < 4.78 is 28.7. The minimum atomic E-state index is -3.45. The van der Waals surface area contributed by atoms with Gasteiger partial charge in [-0.15, -0.1) is 0 Å². The van der Waals surface area contributed by atoms with Crippen molar-refractivity contribution >= 4 is 15.9 Å². The Balaban J connectivity index is 1.68. The van der Waals surface area contributed by atoms with Gasteiger partial charge in [-0.3, -0.25) is 4.79 Å². The number of nitrogens with zero attached hydrogens (tertiary/aromatic N) is 2. The molecule has 0 aliphatic rings. The van der Waals surface area contributed by atoms with Crippen LogP contribution >= 0.6 is 0 Å². The third-order valence-electron chi connectivity index (χ3n) is 4.18. The van der Waals surface area contributed by atoms with E-state index in [1.165, 1.54) is 6.20 Å². The lowest BCUT2D eigenvalue weighted by atomic mass is 10.1. The van der Waals surface area contributed by atoms with Crippen LogP contribution in [0, 0.1) is 0 Å². The smallest absolute Gasteiger partial charge is 0.254 e. The maximum Gasteiger partial charge on any atom is 0.254 e. The molecular formula is C21H24N4O3S. The van der Waals surface area contributed by atoms with E-state index in [-0.39, 0.29) is 24.2 Å². The molecule has 1 aromatic heterocycles. The lowest BCUT2D eigenvalue weighted by Gasteiger charge is -2.13. The molecule has 0 unspecified atom stereocenters. The number of para-hydroxylation sites is 1. The number of hydrogen-bond donors (Lipinski definition) is 2. The molecule has 0 spiro atoms. The molecule has 7 nitrogen and oxygen atoms in total. The number of sulfonamides is 1. The lowest BCUT2D eigenvalue weighted by Crippen LogP contribution is -2.31. The normalized spacial score (nSPS) is 11.6. The van der Waals surface area contributed by atoms with E-state index in [4.69, 9.17) is 0 Å². The van der Waals surface area contributed by atoms with Gasteiger partial charge in [0.15, 0.2) is 0 Å². The van der Waals surface area contributed by atoms with Crippen LogP contribution in [-0.4, -0.2) is 30.1 Å². The van der Waals surface area contributed by atoms with Crippen LogP contribution in [0.4, 0.5) is 0 Å². The molecule has 8 heteroatoms. The van der Waals surface area contributed by atoms with Crippen LogP contribution in [0.25, 0.3) is 5.69 Å². The van der Waals surface area contributed by atoms with Gasteiger partial charge in [0, 0.05) is 18.8 Å². The molecule has 0 saturated heterocycles. The van der Waals surface area contributed by atoms with Gasteiger partial charge in [-0.05, 0) is 37.1 Å². The molecule has 1 heterocycles. The van der Waals surface area contributed by atoms with Crippen molar-refractivity contribution in [3.8, 4) is 5.69 Å². The predicted molar refractivity (Wildman–Crippen MR) is 112 cm³/mol. The number of rotatable bonds is 8. The van der Waals surface area contributed by atoms with Crippen molar-refractivity contribution in [3.05, 3.63) is 83.7 Å². The van der Waals surface area contributed by atoms with Crippen molar-refractivity contribution in [2.75, 3.05) is 0 Å². The highest BCUT2D eigenvalue weighted by Crippen LogP contribution is 2.13. The molecule has 0 atom stereocenters. The standard InChI is InChI=1S/C21H24N4O3S/c1-16(2)24-29(27,28)15-18-9-7-6-8-17(18)12-22-21(26)19-13-23-25(14-19)20-10-4-3-5-11-20/h3-11,13-14,16,24H,12,15H2,1-2H3,(H,22,26). The first-order chi connectivity index (χ1) is 13.8. The molecule has 0 aliphatic heterocycles. The third kappa shape index (κ3) is 5.75. The van der Waals surface area contributed by atoms with Crippen LogP contribution in [0.5, 0.6) is 0 Å². The van der Waals surface area contributed by atoms with Crippen LogP contribution in [0.3, 0.4) is 0 Å². The number of aromatic nitrogens is 2. The van der Waals surface area contributed by atoms with E-state index in [2.05, 4.69) is 15.1 Å². The number of benzene rings is 2. The largest absolute Gasteiger partial charge is 0.348 e. The summed E-state index contributed by atoms with van der Waals surface area (Å²) in [5.74, 6) is -0.409. The van der Waals surface area contributed by atoms with E-state index in [0.717, 1.165) is 11.3 Å². The molecule has 1 amide bonds. The van der Waals surface area contributed by atoms with E-state index < -0.39 is 10.0 Å². The first kappa shape index (κ1) is 20.8. The summed E-state index contributed by atoms with van der Waals surface area (Å²) in [7, 11) is -3.45. The van der Waals surface area contributed by atoms with Crippen LogP contribution in [0.1, 0.15) is 35.3 Å². The molecule has 0 saturated carbocycles. The van der Waals surface area contributed by atoms with E-state index in [1.54, 1.807) is 36.9 Å². The van der Waals surface area contributed by atoms with Crippen molar-refractivity contribution in [1.82, 2.24) is 19.8 Å². The van der Waals surface area contributed by atoms with Gasteiger partial charge in [0.2, 0.25) is 10.0 Å². The van der Waals surface area contributed by atoms with Crippen molar-refractivity contribution < 1.29 is 13.2 Å². The minimum absolute atomic E-state index is 0.136. The lowest BCUT2D eigenvalue weighted by molar-refractivity contribution is 0.0951. The average molecular weight is 413 g/mol. The van der Waals surface area contributed by atoms with Gasteiger partial charge in [0.25, 0.3) is 5.91 Å². The second-order valence-corrected chi connectivity index (χ2v) is 8.75. The number of carbonyl (C=O) groups excluding carboxylic acids is 1. The summed E-state index contributed by atoms with van der Waals surface area (Å²) in [6.45, 7) is 3.78. The monoisotopic (exact) mass is 412 g/mol. The third-order valence-corrected chi connectivity index (χ3v) is 5.71. The Hall–Kier alpha value is -2.97. The molecule has 0 radical (unpaired) electrons. The zero-order chi connectivity index (χ0) is 20.9. The maximum absolute atomic E-state index is 12.5. The van der Waals surface area contributed by atoms with Crippen LogP contribution in [0.15, 0.2) is 67.0 Å². The number of carbonyl (C=O) groups is 1. The number of hydrogen-bond acceptors (Lipinski definition) is 4. The highest BCUT2D eigenvalue weighted by atomic mass is 32.2. The van der Waals surface area contributed by atoms with E-state index in [9.17, 15) is 13.2 Å².